The first-order chi connectivity index (χ1) is 27.6. The Kier molecular flexibility index (Phi) is 15.5. The summed E-state index contributed by atoms with van der Waals surface area (Å²) in [6.45, 7) is 10.9. The molecule has 1 saturated heterocycles. The number of hydrogen-bond donors (Lipinski definition) is 1. The van der Waals surface area contributed by atoms with Gasteiger partial charge < -0.3 is 38.4 Å². The van der Waals surface area contributed by atoms with Crippen LogP contribution in [-0.4, -0.2) is 83.2 Å². The van der Waals surface area contributed by atoms with Crippen molar-refractivity contribution in [3.8, 4) is 11.5 Å². The molecule has 322 valence electrons. The van der Waals surface area contributed by atoms with Crippen molar-refractivity contribution < 1.29 is 52.7 Å². The molecule has 2 aliphatic carbocycles. The predicted molar refractivity (Wildman–Crippen MR) is 218 cm³/mol. The van der Waals surface area contributed by atoms with Gasteiger partial charge in [-0.1, -0.05) is 76.5 Å². The summed E-state index contributed by atoms with van der Waals surface area (Å²) in [6.07, 6.45) is 18.3. The highest BCUT2D eigenvalue weighted by Gasteiger charge is 2.72. The van der Waals surface area contributed by atoms with Gasteiger partial charge in [0.05, 0.1) is 11.0 Å². The molecule has 1 aromatic rings. The molecule has 6 atom stereocenters. The van der Waals surface area contributed by atoms with Gasteiger partial charge in [0.15, 0.2) is 29.8 Å². The van der Waals surface area contributed by atoms with Gasteiger partial charge in [0, 0.05) is 24.4 Å². The molecule has 2 unspecified atom stereocenters. The topological polar surface area (TPSA) is 147 Å². The maximum absolute atomic E-state index is 13.5. The van der Waals surface area contributed by atoms with Crippen LogP contribution in [0.25, 0.3) is 0 Å². The van der Waals surface area contributed by atoms with E-state index in [1.165, 1.54) is 52.4 Å². The Hall–Kier alpha value is -3.90. The van der Waals surface area contributed by atoms with Gasteiger partial charge in [-0.15, -0.1) is 0 Å². The first-order valence-corrected chi connectivity index (χ1v) is 21.7. The quantitative estimate of drug-likeness (QED) is 0.0417. The van der Waals surface area contributed by atoms with E-state index in [4.69, 9.17) is 28.4 Å². The Morgan fingerprint density at radius 3 is 2.21 bits per heavy atom. The maximum Gasteiger partial charge on any atom is 0.514 e. The van der Waals surface area contributed by atoms with Gasteiger partial charge in [0.1, 0.15) is 11.4 Å². The smallest absolute Gasteiger partial charge is 0.477 e. The highest BCUT2D eigenvalue weighted by molar-refractivity contribution is 5.83. The van der Waals surface area contributed by atoms with Crippen LogP contribution in [0.2, 0.25) is 0 Å². The molecule has 5 rings (SSSR count). The van der Waals surface area contributed by atoms with Crippen LogP contribution < -0.4 is 9.47 Å². The summed E-state index contributed by atoms with van der Waals surface area (Å²) < 4.78 is 34.3. The second kappa shape index (κ2) is 19.9. The predicted octanol–water partition coefficient (Wildman–Crippen LogP) is 8.72. The Morgan fingerprint density at radius 2 is 1.53 bits per heavy atom. The van der Waals surface area contributed by atoms with Crippen LogP contribution in [-0.2, 0) is 45.2 Å². The first kappa shape index (κ1) is 45.2. The summed E-state index contributed by atoms with van der Waals surface area (Å²) in [7, 11) is 1.99. The largest absolute Gasteiger partial charge is 0.514 e. The third kappa shape index (κ3) is 10.4. The average molecular weight is 810 g/mol. The zero-order valence-electron chi connectivity index (χ0n) is 35.9. The van der Waals surface area contributed by atoms with Crippen LogP contribution in [0.4, 0.5) is 4.79 Å². The number of rotatable bonds is 21. The highest BCUT2D eigenvalue weighted by atomic mass is 16.7. The van der Waals surface area contributed by atoms with E-state index < -0.39 is 59.0 Å². The van der Waals surface area contributed by atoms with Crippen molar-refractivity contribution in [2.75, 3.05) is 13.6 Å². The lowest BCUT2D eigenvalue weighted by Crippen LogP contribution is -2.74. The van der Waals surface area contributed by atoms with E-state index in [0.29, 0.717) is 31.6 Å². The van der Waals surface area contributed by atoms with E-state index in [2.05, 4.69) is 24.0 Å². The van der Waals surface area contributed by atoms with Gasteiger partial charge in [0.2, 0.25) is 0 Å². The molecule has 1 aromatic carbocycles. The zero-order valence-corrected chi connectivity index (χ0v) is 35.9. The fourth-order valence-corrected chi connectivity index (χ4v) is 9.03. The highest BCUT2D eigenvalue weighted by Crippen LogP contribution is 2.65. The van der Waals surface area contributed by atoms with Gasteiger partial charge in [-0.2, -0.15) is 0 Å². The van der Waals surface area contributed by atoms with Crippen LogP contribution in [0.15, 0.2) is 36.1 Å². The first-order valence-electron chi connectivity index (χ1n) is 21.7. The van der Waals surface area contributed by atoms with E-state index >= 15 is 0 Å². The molecule has 4 aliphatic rings. The molecule has 58 heavy (non-hydrogen) atoms. The fourth-order valence-electron chi connectivity index (χ4n) is 9.03. The van der Waals surface area contributed by atoms with Crippen LogP contribution in [0.3, 0.4) is 0 Å². The van der Waals surface area contributed by atoms with Gasteiger partial charge >= 0.3 is 24.1 Å². The second-order valence-electron chi connectivity index (χ2n) is 17.6. The van der Waals surface area contributed by atoms with Crippen molar-refractivity contribution in [1.82, 2.24) is 4.90 Å². The number of benzene rings is 1. The molecule has 2 heterocycles. The molecule has 2 bridgehead atoms. The number of piperidine rings is 1. The van der Waals surface area contributed by atoms with Crippen molar-refractivity contribution in [2.45, 2.75) is 192 Å². The number of carbonyl (C=O) groups is 4. The van der Waals surface area contributed by atoms with Crippen molar-refractivity contribution in [3.05, 3.63) is 47.2 Å². The van der Waals surface area contributed by atoms with Crippen LogP contribution >= 0.6 is 0 Å². The second-order valence-corrected chi connectivity index (χ2v) is 17.6. The normalized spacial score (nSPS) is 24.2. The summed E-state index contributed by atoms with van der Waals surface area (Å²) in [5.41, 5.74) is -1.37. The van der Waals surface area contributed by atoms with Crippen LogP contribution in [0, 0.1) is 0 Å². The number of nitrogens with zero attached hydrogens (tertiary/aromatic N) is 1. The Morgan fingerprint density at radius 1 is 0.897 bits per heavy atom. The van der Waals surface area contributed by atoms with Gasteiger partial charge in [0.25, 0.3) is 0 Å². The summed E-state index contributed by atoms with van der Waals surface area (Å²) in [5.74, 6) is -1.59. The molecular formula is C46H67NO11. The van der Waals surface area contributed by atoms with E-state index in [9.17, 15) is 24.3 Å². The van der Waals surface area contributed by atoms with Crippen molar-refractivity contribution in [3.63, 3.8) is 0 Å². The van der Waals surface area contributed by atoms with E-state index in [-0.39, 0.29) is 30.4 Å². The fraction of sp³-hybridized carbons (Fsp3) is 0.696. The summed E-state index contributed by atoms with van der Waals surface area (Å²) >= 11 is 0. The molecule has 1 spiro atoms. The third-order valence-electron chi connectivity index (χ3n) is 12.0. The summed E-state index contributed by atoms with van der Waals surface area (Å²) in [4.78, 5) is 53.8. The van der Waals surface area contributed by atoms with Gasteiger partial charge in [-0.3, -0.25) is 4.79 Å². The van der Waals surface area contributed by atoms with Gasteiger partial charge in [-0.25, -0.2) is 14.4 Å². The molecule has 2 aliphatic heterocycles. The lowest BCUT2D eigenvalue weighted by Gasteiger charge is -2.61. The number of allylic oxidation sites excluding steroid dienone is 2. The molecule has 1 fully saturated rings. The van der Waals surface area contributed by atoms with Crippen LogP contribution in [0.1, 0.15) is 155 Å². The summed E-state index contributed by atoms with van der Waals surface area (Å²) in [6, 6.07) is 3.31. The number of carbonyl (C=O) groups excluding carboxylic acids is 4. The third-order valence-corrected chi connectivity index (χ3v) is 12.0. The Balaban J connectivity index is 1.09. The molecule has 12 heteroatoms. The number of likely N-dealkylation sites (tertiary alicyclic amines) is 1. The van der Waals surface area contributed by atoms with E-state index in [1.54, 1.807) is 32.9 Å². The number of unbranched alkanes of at least 4 members (excludes halogenated alkanes) is 11. The molecule has 0 aromatic heterocycles. The Labute approximate surface area is 345 Å². The number of ether oxygens (including phenoxy) is 6. The van der Waals surface area contributed by atoms with Crippen LogP contribution in [0.5, 0.6) is 11.5 Å². The maximum atomic E-state index is 13.5. The lowest BCUT2D eigenvalue weighted by atomic mass is 9.50. The zero-order chi connectivity index (χ0) is 42.1. The lowest BCUT2D eigenvalue weighted by molar-refractivity contribution is -0.180. The van der Waals surface area contributed by atoms with E-state index in [1.807, 2.05) is 13.1 Å². The molecule has 0 saturated carbocycles. The number of esters is 3. The number of likely N-dealkylation sites (N-methyl/N-ethyl adjacent to an activating group) is 1. The molecule has 12 nitrogen and oxygen atoms in total. The van der Waals surface area contributed by atoms with Crippen molar-refractivity contribution in [2.24, 2.45) is 0 Å². The molecular weight excluding hydrogens is 743 g/mol. The van der Waals surface area contributed by atoms with Crippen molar-refractivity contribution >= 4 is 24.1 Å². The summed E-state index contributed by atoms with van der Waals surface area (Å²) in [5, 5.41) is 12.5. The monoisotopic (exact) mass is 809 g/mol. The minimum atomic E-state index is -1.33. The minimum absolute atomic E-state index is 0.144. The van der Waals surface area contributed by atoms with Crippen molar-refractivity contribution in [1.29, 1.82) is 0 Å². The molecule has 1 N–H and O–H groups in total. The molecule has 0 amide bonds. The minimum Gasteiger partial charge on any atom is -0.477 e. The van der Waals surface area contributed by atoms with Gasteiger partial charge in [-0.05, 0) is 111 Å². The standard InChI is InChI=1S/C46H67NO11/c1-8-9-10-11-12-13-14-15-16-17-18-19-20-21-22-23-37(48)53-31(2)41(49)54-32(3)42(50)55-35-26-27-46(52)36-30-33-24-25-34(56-43(51)58-44(4,5)6)39-38(33)45(46,40(35)57-39)28-29-47(36)7/h15-16,24-26,31-32,36,40,52H,8-14,17-23,27-30H2,1-7H3/t31?,32?,36-,40+,45+,46-/m1/s1. The number of hydrogen-bond acceptors (Lipinski definition) is 12. The van der Waals surface area contributed by atoms with E-state index in [0.717, 1.165) is 49.7 Å². The molecule has 0 radical (unpaired) electrons. The number of aliphatic hydroxyl groups is 1. The Bertz CT molecular complexity index is 1680. The SMILES string of the molecule is CCCCCCCCC=CCCCCCCCC(=O)OC(C)C(=O)OC(C)C(=O)OC1=CC[C@@]2(O)[C@H]3Cc4ccc(OC(=O)OC(C)(C)C)c5c4[C@@]2(CCN3C)[C@H]1O5. The average Bonchev–Trinajstić information content (AvgIpc) is 3.52.